The second-order valence-corrected chi connectivity index (χ2v) is 8.87. The van der Waals surface area contributed by atoms with Gasteiger partial charge in [0.15, 0.2) is 5.78 Å². The lowest BCUT2D eigenvalue weighted by Gasteiger charge is -2.18. The molecule has 1 atom stereocenters. The third-order valence-corrected chi connectivity index (χ3v) is 6.86. The average Bonchev–Trinajstić information content (AvgIpc) is 2.96. The second kappa shape index (κ2) is 7.08. The number of hydrogen-bond acceptors (Lipinski definition) is 5. The van der Waals surface area contributed by atoms with E-state index in [1.54, 1.807) is 11.3 Å². The van der Waals surface area contributed by atoms with Gasteiger partial charge in [0.05, 0.1) is 5.75 Å². The number of carbonyl (C=O) groups excluding carboxylic acids is 1. The maximum absolute atomic E-state index is 13.0. The maximum Gasteiger partial charge on any atom is 0.173 e. The van der Waals surface area contributed by atoms with Gasteiger partial charge in [-0.1, -0.05) is 18.7 Å². The molecule has 2 heterocycles. The monoisotopic (exact) mass is 386 g/mol. The summed E-state index contributed by atoms with van der Waals surface area (Å²) in [5.74, 6) is 1.39. The summed E-state index contributed by atoms with van der Waals surface area (Å²) >= 11 is 3.23. The molecule has 0 spiro atoms. The van der Waals surface area contributed by atoms with Crippen molar-refractivity contribution < 1.29 is 9.18 Å². The van der Waals surface area contributed by atoms with Gasteiger partial charge in [-0.15, -0.1) is 11.3 Å². The zero-order valence-corrected chi connectivity index (χ0v) is 16.3. The van der Waals surface area contributed by atoms with Crippen LogP contribution in [0.2, 0.25) is 0 Å². The fourth-order valence-electron chi connectivity index (χ4n) is 3.37. The zero-order chi connectivity index (χ0) is 18.3. The molecule has 0 saturated heterocycles. The molecular formula is C20H19FN2OS2. The molecule has 1 unspecified atom stereocenters. The Morgan fingerprint density at radius 3 is 2.85 bits per heavy atom. The van der Waals surface area contributed by atoms with Gasteiger partial charge >= 0.3 is 0 Å². The van der Waals surface area contributed by atoms with Crippen molar-refractivity contribution in [1.29, 1.82) is 0 Å². The highest BCUT2D eigenvalue weighted by molar-refractivity contribution is 8.00. The van der Waals surface area contributed by atoms with Gasteiger partial charge in [-0.3, -0.25) is 4.79 Å². The Morgan fingerprint density at radius 1 is 1.31 bits per heavy atom. The molecule has 3 nitrogen and oxygen atoms in total. The van der Waals surface area contributed by atoms with Crippen LogP contribution in [0.15, 0.2) is 29.3 Å². The van der Waals surface area contributed by atoms with Gasteiger partial charge in [-0.2, -0.15) is 0 Å². The molecule has 0 saturated carbocycles. The first-order chi connectivity index (χ1) is 12.5. The van der Waals surface area contributed by atoms with E-state index in [0.29, 0.717) is 11.5 Å². The van der Waals surface area contributed by atoms with E-state index in [1.165, 1.54) is 52.9 Å². The lowest BCUT2D eigenvalue weighted by molar-refractivity contribution is 0.102. The fourth-order valence-corrected chi connectivity index (χ4v) is 5.86. The topological polar surface area (TPSA) is 42.9 Å². The molecule has 0 bridgehead atoms. The van der Waals surface area contributed by atoms with Gasteiger partial charge < -0.3 is 0 Å². The number of hydrogen-bond donors (Lipinski definition) is 0. The number of nitrogens with zero attached hydrogens (tertiary/aromatic N) is 2. The summed E-state index contributed by atoms with van der Waals surface area (Å²) in [6.45, 7) is 4.19. The molecule has 0 fully saturated rings. The first kappa shape index (κ1) is 17.6. The van der Waals surface area contributed by atoms with Crippen LogP contribution in [-0.2, 0) is 12.8 Å². The molecule has 0 aliphatic heterocycles. The van der Waals surface area contributed by atoms with E-state index in [2.05, 4.69) is 16.9 Å². The summed E-state index contributed by atoms with van der Waals surface area (Å²) in [5, 5.41) is 2.04. The number of thiophene rings is 1. The van der Waals surface area contributed by atoms with Crippen LogP contribution >= 0.6 is 23.1 Å². The minimum Gasteiger partial charge on any atom is -0.293 e. The minimum atomic E-state index is -0.332. The third kappa shape index (κ3) is 3.40. The molecule has 2 aromatic heterocycles. The van der Waals surface area contributed by atoms with Crippen LogP contribution in [0, 0.1) is 18.7 Å². The van der Waals surface area contributed by atoms with Crippen LogP contribution < -0.4 is 0 Å². The Kier molecular flexibility index (Phi) is 4.80. The first-order valence-electron chi connectivity index (χ1n) is 8.71. The Labute approximate surface area is 160 Å². The summed E-state index contributed by atoms with van der Waals surface area (Å²) < 4.78 is 13.0. The molecule has 6 heteroatoms. The Balaban J connectivity index is 1.63. The van der Waals surface area contributed by atoms with E-state index in [0.717, 1.165) is 33.9 Å². The smallest absolute Gasteiger partial charge is 0.173 e. The van der Waals surface area contributed by atoms with Crippen molar-refractivity contribution in [1.82, 2.24) is 9.97 Å². The van der Waals surface area contributed by atoms with Crippen molar-refractivity contribution in [3.63, 3.8) is 0 Å². The molecule has 1 aliphatic carbocycles. The number of thioether (sulfide) groups is 1. The number of rotatable bonds is 4. The number of aromatic nitrogens is 2. The molecule has 0 amide bonds. The van der Waals surface area contributed by atoms with Crippen LogP contribution in [0.4, 0.5) is 4.39 Å². The van der Waals surface area contributed by atoms with Crippen molar-refractivity contribution >= 4 is 39.1 Å². The highest BCUT2D eigenvalue weighted by atomic mass is 32.2. The quantitative estimate of drug-likeness (QED) is 0.349. The number of benzene rings is 1. The number of Topliss-reactive ketones (excluding diaryl/α,β-unsaturated/α-hetero) is 1. The Bertz CT molecular complexity index is 982. The molecule has 134 valence electrons. The Morgan fingerprint density at radius 2 is 2.08 bits per heavy atom. The van der Waals surface area contributed by atoms with E-state index >= 15 is 0 Å². The molecule has 1 aliphatic rings. The normalized spacial score (nSPS) is 16.7. The zero-order valence-electron chi connectivity index (χ0n) is 14.7. The molecule has 0 N–H and O–H groups in total. The van der Waals surface area contributed by atoms with Gasteiger partial charge in [0.2, 0.25) is 0 Å². The fraction of sp³-hybridized carbons (Fsp3) is 0.350. The molecule has 1 aromatic carbocycles. The number of aryl methyl sites for hydroxylation is 2. The average molecular weight is 387 g/mol. The van der Waals surface area contributed by atoms with Crippen molar-refractivity contribution in [2.24, 2.45) is 5.92 Å². The van der Waals surface area contributed by atoms with Crippen molar-refractivity contribution in [2.45, 2.75) is 38.1 Å². The lowest BCUT2D eigenvalue weighted by Crippen LogP contribution is -2.09. The van der Waals surface area contributed by atoms with Crippen molar-refractivity contribution in [2.75, 3.05) is 5.75 Å². The van der Waals surface area contributed by atoms with Crippen molar-refractivity contribution in [3.8, 4) is 0 Å². The summed E-state index contributed by atoms with van der Waals surface area (Å²) in [4.78, 5) is 24.1. The summed E-state index contributed by atoms with van der Waals surface area (Å²) in [6, 6.07) is 5.71. The number of halogens is 1. The summed E-state index contributed by atoms with van der Waals surface area (Å²) in [7, 11) is 0. The van der Waals surface area contributed by atoms with Crippen LogP contribution in [0.25, 0.3) is 10.2 Å². The lowest BCUT2D eigenvalue weighted by atomic mass is 9.89. The molecule has 3 aromatic rings. The highest BCUT2D eigenvalue weighted by Gasteiger charge is 2.24. The number of ketones is 1. The van der Waals surface area contributed by atoms with Crippen LogP contribution in [0.3, 0.4) is 0 Å². The maximum atomic E-state index is 13.0. The number of carbonyl (C=O) groups is 1. The first-order valence-corrected chi connectivity index (χ1v) is 10.5. The Hall–Kier alpha value is -1.79. The van der Waals surface area contributed by atoms with Gasteiger partial charge in [0, 0.05) is 15.8 Å². The van der Waals surface area contributed by atoms with E-state index in [-0.39, 0.29) is 17.4 Å². The van der Waals surface area contributed by atoms with Gasteiger partial charge in [-0.25, -0.2) is 14.4 Å². The van der Waals surface area contributed by atoms with Crippen LogP contribution in [0.5, 0.6) is 0 Å². The molecule has 26 heavy (non-hydrogen) atoms. The van der Waals surface area contributed by atoms with Gasteiger partial charge in [0.25, 0.3) is 0 Å². The van der Waals surface area contributed by atoms with E-state index in [4.69, 9.17) is 0 Å². The van der Waals surface area contributed by atoms with Crippen LogP contribution in [-0.4, -0.2) is 21.5 Å². The third-order valence-electron chi connectivity index (χ3n) is 4.74. The SMILES string of the molecule is Cc1nc(SCC(=O)c2ccc(F)cc2)c2c3c(sc2n1)CC(C)CC3. The molecule has 4 rings (SSSR count). The molecular weight excluding hydrogens is 367 g/mol. The van der Waals surface area contributed by atoms with E-state index in [1.807, 2.05) is 6.92 Å². The summed E-state index contributed by atoms with van der Waals surface area (Å²) in [5.41, 5.74) is 1.90. The highest BCUT2D eigenvalue weighted by Crippen LogP contribution is 2.40. The second-order valence-electron chi connectivity index (χ2n) is 6.83. The standard InChI is InChI=1S/C20H19FN2OS2/c1-11-3-8-15-17(9-11)26-20-18(15)19(22-12(2)23-20)25-10-16(24)13-4-6-14(21)7-5-13/h4-7,11H,3,8-10H2,1-2H3. The largest absolute Gasteiger partial charge is 0.293 e. The van der Waals surface area contributed by atoms with E-state index in [9.17, 15) is 9.18 Å². The summed E-state index contributed by atoms with van der Waals surface area (Å²) in [6.07, 6.45) is 3.35. The predicted molar refractivity (Wildman–Crippen MR) is 105 cm³/mol. The van der Waals surface area contributed by atoms with Gasteiger partial charge in [0.1, 0.15) is 21.5 Å². The molecule has 0 radical (unpaired) electrons. The van der Waals surface area contributed by atoms with Crippen molar-refractivity contribution in [3.05, 3.63) is 51.9 Å². The predicted octanol–water partition coefficient (Wildman–Crippen LogP) is 5.24. The minimum absolute atomic E-state index is 0.0165. The number of fused-ring (bicyclic) bond motifs is 3. The van der Waals surface area contributed by atoms with Gasteiger partial charge in [-0.05, 0) is 61.9 Å². The van der Waals surface area contributed by atoms with E-state index < -0.39 is 0 Å². The van der Waals surface area contributed by atoms with Crippen LogP contribution in [0.1, 0.15) is 40.0 Å².